The SMILES string of the molecule is CC.C\C=C(/N=C(\C=C(/C)CC)c1cncc(NC(=O)OC(C)(C)C)c1)Nc1ccc(Cl)c(Cl)c1. The third-order valence-corrected chi connectivity index (χ3v) is 5.07. The number of ether oxygens (including phenoxy) is 1. The Labute approximate surface area is 219 Å². The number of aliphatic imine (C=N–C) groups is 1. The van der Waals surface area contributed by atoms with Gasteiger partial charge in [-0.15, -0.1) is 0 Å². The maximum absolute atomic E-state index is 12.2. The van der Waals surface area contributed by atoms with Crippen molar-refractivity contribution in [1.29, 1.82) is 0 Å². The van der Waals surface area contributed by atoms with Crippen LogP contribution in [0.1, 0.15) is 67.4 Å². The minimum Gasteiger partial charge on any atom is -0.444 e. The number of carbonyl (C=O) groups excluding carboxylic acids is 1. The molecule has 0 saturated heterocycles. The number of amides is 1. The second-order valence-corrected chi connectivity index (χ2v) is 9.17. The van der Waals surface area contributed by atoms with Crippen LogP contribution in [0.3, 0.4) is 0 Å². The predicted octanol–water partition coefficient (Wildman–Crippen LogP) is 8.88. The van der Waals surface area contributed by atoms with Crippen molar-refractivity contribution in [2.24, 2.45) is 4.99 Å². The summed E-state index contributed by atoms with van der Waals surface area (Å²) < 4.78 is 5.33. The Kier molecular flexibility index (Phi) is 12.5. The zero-order chi connectivity index (χ0) is 26.6. The molecule has 2 aromatic rings. The molecule has 0 aliphatic carbocycles. The van der Waals surface area contributed by atoms with E-state index in [9.17, 15) is 4.79 Å². The Morgan fingerprint density at radius 2 is 1.77 bits per heavy atom. The van der Waals surface area contributed by atoms with Crippen LogP contribution in [-0.2, 0) is 4.74 Å². The van der Waals surface area contributed by atoms with E-state index in [1.807, 2.05) is 72.8 Å². The quantitative estimate of drug-likeness (QED) is 0.358. The van der Waals surface area contributed by atoms with Gasteiger partial charge in [0.25, 0.3) is 0 Å². The maximum Gasteiger partial charge on any atom is 0.412 e. The number of halogens is 2. The molecule has 1 heterocycles. The molecule has 0 saturated carbocycles. The largest absolute Gasteiger partial charge is 0.444 e. The highest BCUT2D eigenvalue weighted by molar-refractivity contribution is 6.42. The molecule has 0 unspecified atom stereocenters. The standard InChI is InChI=1S/C25H30Cl2N4O2.C2H6/c1-7-16(3)11-22(31-23(8-2)29-18-9-10-20(26)21(27)13-18)17-12-19(15-28-14-17)30-24(32)33-25(4,5)6;1-2/h8-15,29H,7H2,1-6H3,(H,30,32);1-2H3/b16-11+,23-8-,31-22+;. The normalized spacial score (nSPS) is 12.5. The molecule has 0 atom stereocenters. The van der Waals surface area contributed by atoms with Gasteiger partial charge in [0.15, 0.2) is 0 Å². The van der Waals surface area contributed by atoms with Gasteiger partial charge in [-0.3, -0.25) is 10.3 Å². The molecule has 1 aromatic heterocycles. The minimum atomic E-state index is -0.597. The third-order valence-electron chi connectivity index (χ3n) is 4.33. The summed E-state index contributed by atoms with van der Waals surface area (Å²) in [5.74, 6) is 0.619. The fourth-order valence-electron chi connectivity index (χ4n) is 2.60. The van der Waals surface area contributed by atoms with Crippen LogP contribution in [0, 0.1) is 0 Å². The molecule has 0 bridgehead atoms. The monoisotopic (exact) mass is 518 g/mol. The summed E-state index contributed by atoms with van der Waals surface area (Å²) in [6, 6.07) is 7.10. The number of benzene rings is 1. The number of hydrogen-bond acceptors (Lipinski definition) is 5. The summed E-state index contributed by atoms with van der Waals surface area (Å²) in [4.78, 5) is 21.3. The first-order valence-electron chi connectivity index (χ1n) is 11.6. The van der Waals surface area contributed by atoms with E-state index in [2.05, 4.69) is 22.5 Å². The van der Waals surface area contributed by atoms with Crippen LogP contribution in [-0.4, -0.2) is 22.4 Å². The average Bonchev–Trinajstić information content (AvgIpc) is 2.80. The fourth-order valence-corrected chi connectivity index (χ4v) is 2.90. The van der Waals surface area contributed by atoms with Crippen molar-refractivity contribution < 1.29 is 9.53 Å². The van der Waals surface area contributed by atoms with Gasteiger partial charge >= 0.3 is 6.09 Å². The summed E-state index contributed by atoms with van der Waals surface area (Å²) >= 11 is 12.2. The minimum absolute atomic E-state index is 0.452. The zero-order valence-corrected chi connectivity index (χ0v) is 23.3. The van der Waals surface area contributed by atoms with E-state index in [0.717, 1.165) is 23.2 Å². The first-order valence-corrected chi connectivity index (χ1v) is 12.4. The van der Waals surface area contributed by atoms with Crippen molar-refractivity contribution in [2.45, 2.75) is 67.4 Å². The number of pyridine rings is 1. The van der Waals surface area contributed by atoms with Gasteiger partial charge in [-0.25, -0.2) is 9.79 Å². The lowest BCUT2D eigenvalue weighted by Crippen LogP contribution is -2.27. The molecular weight excluding hydrogens is 483 g/mol. The van der Waals surface area contributed by atoms with Gasteiger partial charge in [-0.2, -0.15) is 0 Å². The second-order valence-electron chi connectivity index (χ2n) is 8.36. The van der Waals surface area contributed by atoms with Gasteiger partial charge < -0.3 is 10.1 Å². The molecular formula is C27H36Cl2N4O2. The Morgan fingerprint density at radius 3 is 2.34 bits per heavy atom. The number of rotatable bonds is 7. The number of aromatic nitrogens is 1. The van der Waals surface area contributed by atoms with E-state index in [1.54, 1.807) is 24.5 Å². The summed E-state index contributed by atoms with van der Waals surface area (Å²) in [6.07, 6.45) is 7.43. The van der Waals surface area contributed by atoms with E-state index in [1.165, 1.54) is 0 Å². The summed E-state index contributed by atoms with van der Waals surface area (Å²) in [6.45, 7) is 15.4. The van der Waals surface area contributed by atoms with Crippen LogP contribution in [0.2, 0.25) is 10.0 Å². The molecule has 2 rings (SSSR count). The molecule has 0 aliphatic rings. The highest BCUT2D eigenvalue weighted by Crippen LogP contribution is 2.26. The number of allylic oxidation sites excluding steroid dienone is 3. The number of carbonyl (C=O) groups is 1. The molecule has 1 amide bonds. The average molecular weight is 520 g/mol. The van der Waals surface area contributed by atoms with Gasteiger partial charge in [0.2, 0.25) is 0 Å². The Balaban J connectivity index is 0.00000298. The van der Waals surface area contributed by atoms with Crippen molar-refractivity contribution in [3.8, 4) is 0 Å². The van der Waals surface area contributed by atoms with Gasteiger partial charge in [0, 0.05) is 17.4 Å². The molecule has 0 fully saturated rings. The smallest absolute Gasteiger partial charge is 0.412 e. The molecule has 1 aromatic carbocycles. The maximum atomic E-state index is 12.2. The van der Waals surface area contributed by atoms with Crippen LogP contribution in [0.4, 0.5) is 16.2 Å². The Bertz CT molecular complexity index is 1090. The van der Waals surface area contributed by atoms with Gasteiger partial charge in [0.05, 0.1) is 27.6 Å². The van der Waals surface area contributed by atoms with E-state index in [-0.39, 0.29) is 0 Å². The highest BCUT2D eigenvalue weighted by Gasteiger charge is 2.16. The molecule has 0 radical (unpaired) electrons. The predicted molar refractivity (Wildman–Crippen MR) is 150 cm³/mol. The van der Waals surface area contributed by atoms with Crippen LogP contribution in [0.15, 0.2) is 65.2 Å². The van der Waals surface area contributed by atoms with Crippen molar-refractivity contribution in [3.05, 3.63) is 75.8 Å². The summed E-state index contributed by atoms with van der Waals surface area (Å²) in [7, 11) is 0. The molecule has 0 aliphatic heterocycles. The fraction of sp³-hybridized carbons (Fsp3) is 0.370. The number of hydrogen-bond donors (Lipinski definition) is 2. The van der Waals surface area contributed by atoms with Crippen LogP contribution in [0.25, 0.3) is 0 Å². The van der Waals surface area contributed by atoms with E-state index >= 15 is 0 Å². The van der Waals surface area contributed by atoms with E-state index in [4.69, 9.17) is 32.9 Å². The van der Waals surface area contributed by atoms with Crippen molar-refractivity contribution in [1.82, 2.24) is 4.98 Å². The van der Waals surface area contributed by atoms with Crippen molar-refractivity contribution >= 4 is 46.4 Å². The topological polar surface area (TPSA) is 75.6 Å². The Hall–Kier alpha value is -2.83. The lowest BCUT2D eigenvalue weighted by Gasteiger charge is -2.19. The molecule has 6 nitrogen and oxygen atoms in total. The lowest BCUT2D eigenvalue weighted by atomic mass is 10.1. The van der Waals surface area contributed by atoms with Crippen LogP contribution >= 0.6 is 23.2 Å². The Morgan fingerprint density at radius 1 is 1.09 bits per heavy atom. The lowest BCUT2D eigenvalue weighted by molar-refractivity contribution is 0.0636. The number of nitrogens with one attached hydrogen (secondary N) is 2. The third kappa shape index (κ3) is 11.0. The van der Waals surface area contributed by atoms with Crippen LogP contribution in [0.5, 0.6) is 0 Å². The van der Waals surface area contributed by atoms with Gasteiger partial charge in [-0.1, -0.05) is 49.5 Å². The molecule has 35 heavy (non-hydrogen) atoms. The molecule has 8 heteroatoms. The molecule has 190 valence electrons. The van der Waals surface area contributed by atoms with Crippen LogP contribution < -0.4 is 10.6 Å². The zero-order valence-electron chi connectivity index (χ0n) is 21.8. The second kappa shape index (κ2) is 14.5. The van der Waals surface area contributed by atoms with E-state index in [0.29, 0.717) is 27.3 Å². The molecule has 0 spiro atoms. The summed E-state index contributed by atoms with van der Waals surface area (Å²) in [5, 5.41) is 6.91. The highest BCUT2D eigenvalue weighted by atomic mass is 35.5. The number of anilines is 2. The first-order chi connectivity index (χ1) is 16.5. The van der Waals surface area contributed by atoms with Crippen molar-refractivity contribution in [3.63, 3.8) is 0 Å². The van der Waals surface area contributed by atoms with Gasteiger partial charge in [-0.05, 0) is 77.5 Å². The number of nitrogens with zero attached hydrogens (tertiary/aromatic N) is 2. The molecule has 2 N–H and O–H groups in total. The van der Waals surface area contributed by atoms with Gasteiger partial charge in [0.1, 0.15) is 11.4 Å². The van der Waals surface area contributed by atoms with Crippen molar-refractivity contribution in [2.75, 3.05) is 10.6 Å². The van der Waals surface area contributed by atoms with E-state index < -0.39 is 11.7 Å². The first kappa shape index (κ1) is 30.2. The summed E-state index contributed by atoms with van der Waals surface area (Å²) in [5.41, 5.74) is 3.25.